The van der Waals surface area contributed by atoms with Crippen LogP contribution in [0.2, 0.25) is 0 Å². The fourth-order valence-corrected chi connectivity index (χ4v) is 1.39. The predicted octanol–water partition coefficient (Wildman–Crippen LogP) is 2.80. The second kappa shape index (κ2) is 4.81. The molecule has 0 unspecified atom stereocenters. The van der Waals surface area contributed by atoms with Crippen LogP contribution in [0.25, 0.3) is 6.08 Å². The van der Waals surface area contributed by atoms with Gasteiger partial charge in [0.2, 0.25) is 0 Å². The number of aliphatic carboxylic acids is 1. The molecule has 7 heteroatoms. The van der Waals surface area contributed by atoms with E-state index < -0.39 is 17.8 Å². The number of carbonyl (C=O) groups is 1. The molecule has 16 heavy (non-hydrogen) atoms. The van der Waals surface area contributed by atoms with E-state index in [0.29, 0.717) is 6.08 Å². The van der Waals surface area contributed by atoms with Gasteiger partial charge in [-0.2, -0.15) is 13.2 Å². The van der Waals surface area contributed by atoms with Crippen LogP contribution in [0, 0.1) is 3.70 Å². The van der Waals surface area contributed by atoms with Gasteiger partial charge in [0.05, 0.1) is 0 Å². The Morgan fingerprint density at radius 2 is 2.06 bits per heavy atom. The van der Waals surface area contributed by atoms with Crippen molar-refractivity contribution in [3.05, 3.63) is 33.2 Å². The highest BCUT2D eigenvalue weighted by Crippen LogP contribution is 2.31. The lowest BCUT2D eigenvalue weighted by molar-refractivity contribution is -0.141. The van der Waals surface area contributed by atoms with E-state index in [1.807, 2.05) is 0 Å². The molecular formula is C9H5F3INO2. The third kappa shape index (κ3) is 3.47. The number of alkyl halides is 3. The maximum atomic E-state index is 12.5. The van der Waals surface area contributed by atoms with Crippen LogP contribution in [-0.4, -0.2) is 16.1 Å². The van der Waals surface area contributed by atoms with Gasteiger partial charge in [0.25, 0.3) is 0 Å². The van der Waals surface area contributed by atoms with Crippen LogP contribution in [0.3, 0.4) is 0 Å². The van der Waals surface area contributed by atoms with Crippen LogP contribution in [-0.2, 0) is 11.0 Å². The number of pyridine rings is 1. The molecule has 0 spiro atoms. The average molecular weight is 343 g/mol. The van der Waals surface area contributed by atoms with Crippen LogP contribution in [0.15, 0.2) is 18.2 Å². The Balaban J connectivity index is 3.23. The van der Waals surface area contributed by atoms with Crippen molar-refractivity contribution in [1.29, 1.82) is 0 Å². The van der Waals surface area contributed by atoms with E-state index in [-0.39, 0.29) is 9.26 Å². The summed E-state index contributed by atoms with van der Waals surface area (Å²) in [6, 6.07) is 2.55. The highest BCUT2D eigenvalue weighted by atomic mass is 127. The number of rotatable bonds is 2. The molecule has 1 rings (SSSR count). The van der Waals surface area contributed by atoms with Crippen LogP contribution in [0.5, 0.6) is 0 Å². The van der Waals surface area contributed by atoms with Gasteiger partial charge in [-0.3, -0.25) is 0 Å². The van der Waals surface area contributed by atoms with Gasteiger partial charge in [0, 0.05) is 11.6 Å². The predicted molar refractivity (Wildman–Crippen MR) is 58.6 cm³/mol. The summed E-state index contributed by atoms with van der Waals surface area (Å²) < 4.78 is 37.7. The Kier molecular flexibility index (Phi) is 3.89. The summed E-state index contributed by atoms with van der Waals surface area (Å²) in [5, 5.41) is 8.33. The molecule has 0 amide bonds. The molecule has 0 aliphatic rings. The molecule has 0 aliphatic carbocycles. The molecule has 1 aromatic rings. The second-order valence-electron chi connectivity index (χ2n) is 2.74. The molecule has 0 fully saturated rings. The van der Waals surface area contributed by atoms with Crippen molar-refractivity contribution in [2.24, 2.45) is 0 Å². The fourth-order valence-electron chi connectivity index (χ4n) is 0.969. The molecule has 3 nitrogen and oxygen atoms in total. The molecular weight excluding hydrogens is 338 g/mol. The summed E-state index contributed by atoms with van der Waals surface area (Å²) in [4.78, 5) is 13.6. The van der Waals surface area contributed by atoms with Crippen LogP contribution in [0.4, 0.5) is 13.2 Å². The van der Waals surface area contributed by atoms with Crippen molar-refractivity contribution in [2.45, 2.75) is 6.18 Å². The van der Waals surface area contributed by atoms with E-state index in [2.05, 4.69) is 4.98 Å². The number of carboxylic acids is 1. The zero-order valence-corrected chi connectivity index (χ0v) is 9.78. The summed E-state index contributed by atoms with van der Waals surface area (Å²) in [7, 11) is 0. The molecule has 0 bridgehead atoms. The minimum absolute atomic E-state index is 0.192. The van der Waals surface area contributed by atoms with Gasteiger partial charge >= 0.3 is 12.1 Å². The number of nitrogens with zero attached hydrogens (tertiary/aromatic N) is 1. The second-order valence-corrected chi connectivity index (χ2v) is 3.85. The molecule has 0 aliphatic heterocycles. The summed E-state index contributed by atoms with van der Waals surface area (Å²) in [5.41, 5.74) is -1.35. The first-order valence-electron chi connectivity index (χ1n) is 3.95. The SMILES string of the molecule is O=C(O)/C=C/c1ccc(I)nc1C(F)(F)F. The van der Waals surface area contributed by atoms with Gasteiger partial charge in [-0.15, -0.1) is 0 Å². The van der Waals surface area contributed by atoms with Crippen molar-refractivity contribution in [2.75, 3.05) is 0 Å². The minimum atomic E-state index is -4.60. The average Bonchev–Trinajstić information content (AvgIpc) is 2.14. The van der Waals surface area contributed by atoms with E-state index in [1.165, 1.54) is 12.1 Å². The first kappa shape index (κ1) is 12.9. The minimum Gasteiger partial charge on any atom is -0.478 e. The lowest BCUT2D eigenvalue weighted by atomic mass is 10.1. The topological polar surface area (TPSA) is 50.2 Å². The Labute approximate surface area is 102 Å². The molecule has 0 radical (unpaired) electrons. The van der Waals surface area contributed by atoms with Crippen molar-refractivity contribution in [1.82, 2.24) is 4.98 Å². The van der Waals surface area contributed by atoms with Gasteiger partial charge in [-0.05, 0) is 34.7 Å². The molecule has 86 valence electrons. The fraction of sp³-hybridized carbons (Fsp3) is 0.111. The Morgan fingerprint density at radius 3 is 2.56 bits per heavy atom. The van der Waals surface area contributed by atoms with Crippen molar-refractivity contribution in [3.63, 3.8) is 0 Å². The number of aromatic nitrogens is 1. The van der Waals surface area contributed by atoms with Crippen molar-refractivity contribution < 1.29 is 23.1 Å². The Bertz CT molecular complexity index is 443. The first-order chi connectivity index (χ1) is 7.30. The quantitative estimate of drug-likeness (QED) is 0.510. The van der Waals surface area contributed by atoms with Crippen LogP contribution < -0.4 is 0 Å². The van der Waals surface area contributed by atoms with Crippen molar-refractivity contribution >= 4 is 34.6 Å². The molecule has 0 saturated heterocycles. The van der Waals surface area contributed by atoms with E-state index in [1.54, 1.807) is 22.6 Å². The van der Waals surface area contributed by atoms with Gasteiger partial charge in [0.1, 0.15) is 3.70 Å². The lowest BCUT2D eigenvalue weighted by Gasteiger charge is -2.09. The molecule has 0 atom stereocenters. The molecule has 0 saturated carbocycles. The smallest absolute Gasteiger partial charge is 0.433 e. The molecule has 1 aromatic heterocycles. The number of halogens is 4. The zero-order chi connectivity index (χ0) is 12.3. The summed E-state index contributed by atoms with van der Waals surface area (Å²) in [5.74, 6) is -1.31. The van der Waals surface area contributed by atoms with Gasteiger partial charge in [-0.25, -0.2) is 9.78 Å². The monoisotopic (exact) mass is 343 g/mol. The summed E-state index contributed by atoms with van der Waals surface area (Å²) in [6.07, 6.45) is -3.09. The Hall–Kier alpha value is -1.12. The lowest BCUT2D eigenvalue weighted by Crippen LogP contribution is -2.11. The van der Waals surface area contributed by atoms with Gasteiger partial charge in [-0.1, -0.05) is 6.07 Å². The van der Waals surface area contributed by atoms with Crippen molar-refractivity contribution in [3.8, 4) is 0 Å². The van der Waals surface area contributed by atoms with E-state index in [9.17, 15) is 18.0 Å². The summed E-state index contributed by atoms with van der Waals surface area (Å²) in [6.45, 7) is 0. The van der Waals surface area contributed by atoms with E-state index >= 15 is 0 Å². The van der Waals surface area contributed by atoms with Crippen LogP contribution >= 0.6 is 22.6 Å². The normalized spacial score (nSPS) is 12.0. The zero-order valence-electron chi connectivity index (χ0n) is 7.62. The maximum Gasteiger partial charge on any atom is 0.433 e. The van der Waals surface area contributed by atoms with Gasteiger partial charge < -0.3 is 5.11 Å². The highest BCUT2D eigenvalue weighted by Gasteiger charge is 2.34. The molecule has 1 heterocycles. The molecule has 1 N–H and O–H groups in total. The third-order valence-electron chi connectivity index (χ3n) is 1.57. The number of hydrogen-bond acceptors (Lipinski definition) is 2. The van der Waals surface area contributed by atoms with Crippen LogP contribution in [0.1, 0.15) is 11.3 Å². The maximum absolute atomic E-state index is 12.5. The largest absolute Gasteiger partial charge is 0.478 e. The Morgan fingerprint density at radius 1 is 1.44 bits per heavy atom. The van der Waals surface area contributed by atoms with Gasteiger partial charge in [0.15, 0.2) is 5.69 Å². The van der Waals surface area contributed by atoms with E-state index in [4.69, 9.17) is 5.11 Å². The number of carboxylic acid groups (broad SMARTS) is 1. The molecule has 0 aromatic carbocycles. The summed E-state index contributed by atoms with van der Waals surface area (Å²) >= 11 is 1.65. The van der Waals surface area contributed by atoms with E-state index in [0.717, 1.165) is 6.08 Å². The standard InChI is InChI=1S/C9H5F3INO2/c10-9(11,12)8-5(2-4-7(15)16)1-3-6(13)14-8/h1-4H,(H,15,16)/b4-2+. The number of hydrogen-bond donors (Lipinski definition) is 1. The third-order valence-corrected chi connectivity index (χ3v) is 2.17. The highest BCUT2D eigenvalue weighted by molar-refractivity contribution is 14.1. The first-order valence-corrected chi connectivity index (χ1v) is 5.03.